The molecule has 0 aliphatic heterocycles. The summed E-state index contributed by atoms with van der Waals surface area (Å²) in [6.07, 6.45) is -2.98. The minimum Gasteiger partial charge on any atom is -0.294 e. The lowest BCUT2D eigenvalue weighted by atomic mass is 10.0. The van der Waals surface area contributed by atoms with Crippen molar-refractivity contribution in [3.63, 3.8) is 0 Å². The number of alkyl halides is 3. The molecule has 0 aliphatic carbocycles. The maximum atomic E-state index is 13.2. The molecule has 0 amide bonds. The molecule has 0 spiro atoms. The predicted molar refractivity (Wildman–Crippen MR) is 78.2 cm³/mol. The number of aromatic nitrogens is 3. The highest BCUT2D eigenvalue weighted by molar-refractivity contribution is 6.01. The van der Waals surface area contributed by atoms with Crippen molar-refractivity contribution in [3.05, 3.63) is 53.3 Å². The fourth-order valence-electron chi connectivity index (χ4n) is 2.55. The number of carbonyl (C=O) groups excluding carboxylic acids is 1. The Labute approximate surface area is 129 Å². The second kappa shape index (κ2) is 5.19. The lowest BCUT2D eigenvalue weighted by Gasteiger charge is -2.12. The molecule has 2 heterocycles. The van der Waals surface area contributed by atoms with E-state index in [1.807, 2.05) is 0 Å². The van der Waals surface area contributed by atoms with Crippen LogP contribution in [0.2, 0.25) is 0 Å². The normalized spacial score (nSPS) is 11.9. The minimum absolute atomic E-state index is 0.0316. The van der Waals surface area contributed by atoms with Crippen molar-refractivity contribution in [2.45, 2.75) is 20.0 Å². The van der Waals surface area contributed by atoms with Gasteiger partial charge in [-0.25, -0.2) is 9.50 Å². The van der Waals surface area contributed by atoms with Gasteiger partial charge in [0.15, 0.2) is 11.4 Å². The molecule has 7 heteroatoms. The van der Waals surface area contributed by atoms with Gasteiger partial charge in [0, 0.05) is 11.8 Å². The molecule has 0 atom stereocenters. The molecule has 0 N–H and O–H groups in total. The first kappa shape index (κ1) is 15.2. The van der Waals surface area contributed by atoms with Crippen LogP contribution < -0.4 is 0 Å². The van der Waals surface area contributed by atoms with Crippen LogP contribution in [0, 0.1) is 6.92 Å². The maximum Gasteiger partial charge on any atom is 0.417 e. The van der Waals surface area contributed by atoms with Gasteiger partial charge >= 0.3 is 6.18 Å². The van der Waals surface area contributed by atoms with Crippen molar-refractivity contribution in [1.82, 2.24) is 14.6 Å². The van der Waals surface area contributed by atoms with Gasteiger partial charge in [-0.15, -0.1) is 0 Å². The van der Waals surface area contributed by atoms with E-state index in [0.29, 0.717) is 11.3 Å². The van der Waals surface area contributed by atoms with Crippen molar-refractivity contribution >= 4 is 11.4 Å². The van der Waals surface area contributed by atoms with Gasteiger partial charge in [-0.3, -0.25) is 4.79 Å². The van der Waals surface area contributed by atoms with Crippen LogP contribution in [0.15, 0.2) is 36.5 Å². The lowest BCUT2D eigenvalue weighted by Crippen LogP contribution is -2.07. The first-order valence-corrected chi connectivity index (χ1v) is 6.82. The van der Waals surface area contributed by atoms with Crippen molar-refractivity contribution in [3.8, 4) is 11.3 Å². The number of Topliss-reactive ketones (excluding diaryl/α,β-unsaturated/α-hetero) is 1. The largest absolute Gasteiger partial charge is 0.417 e. The number of rotatable bonds is 2. The van der Waals surface area contributed by atoms with E-state index in [4.69, 9.17) is 0 Å². The molecule has 118 valence electrons. The van der Waals surface area contributed by atoms with Crippen LogP contribution in [0.1, 0.15) is 28.5 Å². The van der Waals surface area contributed by atoms with E-state index in [2.05, 4.69) is 10.1 Å². The molecule has 0 fully saturated rings. The molecule has 2 aromatic heterocycles. The molecule has 0 bridgehead atoms. The molecular formula is C16H12F3N3O. The van der Waals surface area contributed by atoms with Gasteiger partial charge in [0.2, 0.25) is 0 Å². The molecule has 23 heavy (non-hydrogen) atoms. The number of fused-ring (bicyclic) bond motifs is 1. The standard InChI is InChI=1S/C16H12F3N3O/c1-9-14(10(2)23)15-20-13(7-8-22(15)21-9)11-5-3-4-6-12(11)16(17,18)19/h3-8H,1-2H3. The van der Waals surface area contributed by atoms with Crippen molar-refractivity contribution in [1.29, 1.82) is 0 Å². The Morgan fingerprint density at radius 3 is 2.52 bits per heavy atom. The fourth-order valence-corrected chi connectivity index (χ4v) is 2.55. The lowest BCUT2D eigenvalue weighted by molar-refractivity contribution is -0.137. The molecule has 0 saturated heterocycles. The molecule has 0 saturated carbocycles. The van der Waals surface area contributed by atoms with Crippen LogP contribution in [-0.2, 0) is 6.18 Å². The highest BCUT2D eigenvalue weighted by Crippen LogP contribution is 2.36. The van der Waals surface area contributed by atoms with E-state index in [9.17, 15) is 18.0 Å². The maximum absolute atomic E-state index is 13.2. The Morgan fingerprint density at radius 1 is 1.17 bits per heavy atom. The number of ketones is 1. The zero-order chi connectivity index (χ0) is 16.8. The highest BCUT2D eigenvalue weighted by Gasteiger charge is 2.33. The Morgan fingerprint density at radius 2 is 1.87 bits per heavy atom. The van der Waals surface area contributed by atoms with Gasteiger partial charge < -0.3 is 0 Å². The van der Waals surface area contributed by atoms with Crippen LogP contribution >= 0.6 is 0 Å². The van der Waals surface area contributed by atoms with Crippen LogP contribution in [0.3, 0.4) is 0 Å². The summed E-state index contributed by atoms with van der Waals surface area (Å²) in [5, 5.41) is 4.15. The zero-order valence-corrected chi connectivity index (χ0v) is 12.3. The summed E-state index contributed by atoms with van der Waals surface area (Å²) >= 11 is 0. The van der Waals surface area contributed by atoms with E-state index in [1.165, 1.54) is 41.9 Å². The van der Waals surface area contributed by atoms with Crippen LogP contribution in [0.25, 0.3) is 16.9 Å². The quantitative estimate of drug-likeness (QED) is 0.673. The summed E-state index contributed by atoms with van der Waals surface area (Å²) in [6.45, 7) is 3.04. The van der Waals surface area contributed by atoms with E-state index in [-0.39, 0.29) is 22.7 Å². The number of aryl methyl sites for hydroxylation is 1. The third-order valence-electron chi connectivity index (χ3n) is 3.52. The van der Waals surface area contributed by atoms with Crippen molar-refractivity contribution in [2.24, 2.45) is 0 Å². The number of carbonyl (C=O) groups is 1. The molecule has 4 nitrogen and oxygen atoms in total. The topological polar surface area (TPSA) is 47.3 Å². The fraction of sp³-hybridized carbons (Fsp3) is 0.188. The monoisotopic (exact) mass is 319 g/mol. The highest BCUT2D eigenvalue weighted by atomic mass is 19.4. The average molecular weight is 319 g/mol. The number of hydrogen-bond acceptors (Lipinski definition) is 3. The SMILES string of the molecule is CC(=O)c1c(C)nn2ccc(-c3ccccc3C(F)(F)F)nc12. The van der Waals surface area contributed by atoms with E-state index < -0.39 is 11.7 Å². The number of hydrogen-bond donors (Lipinski definition) is 0. The second-order valence-corrected chi connectivity index (χ2v) is 5.14. The number of halogens is 3. The van der Waals surface area contributed by atoms with E-state index in [1.54, 1.807) is 6.92 Å². The molecule has 3 aromatic rings. The second-order valence-electron chi connectivity index (χ2n) is 5.14. The van der Waals surface area contributed by atoms with Crippen LogP contribution in [0.5, 0.6) is 0 Å². The Bertz CT molecular complexity index is 913. The zero-order valence-electron chi connectivity index (χ0n) is 12.3. The predicted octanol–water partition coefficient (Wildman–Crippen LogP) is 3.93. The van der Waals surface area contributed by atoms with Crippen LogP contribution in [0.4, 0.5) is 13.2 Å². The molecular weight excluding hydrogens is 307 g/mol. The summed E-state index contributed by atoms with van der Waals surface area (Å²) in [4.78, 5) is 16.0. The van der Waals surface area contributed by atoms with Gasteiger partial charge in [-0.1, -0.05) is 18.2 Å². The summed E-state index contributed by atoms with van der Waals surface area (Å²) in [7, 11) is 0. The first-order valence-electron chi connectivity index (χ1n) is 6.82. The molecule has 0 radical (unpaired) electrons. The Kier molecular flexibility index (Phi) is 3.43. The van der Waals surface area contributed by atoms with Crippen LogP contribution in [-0.4, -0.2) is 20.4 Å². The summed E-state index contributed by atoms with van der Waals surface area (Å²) in [5.74, 6) is -0.230. The Hall–Kier alpha value is -2.70. The van der Waals surface area contributed by atoms with Gasteiger partial charge in [-0.05, 0) is 26.0 Å². The third-order valence-corrected chi connectivity index (χ3v) is 3.52. The van der Waals surface area contributed by atoms with Crippen molar-refractivity contribution in [2.75, 3.05) is 0 Å². The molecule has 3 rings (SSSR count). The summed E-state index contributed by atoms with van der Waals surface area (Å²) in [6, 6.07) is 6.67. The van der Waals surface area contributed by atoms with E-state index in [0.717, 1.165) is 6.07 Å². The number of nitrogens with zero attached hydrogens (tertiary/aromatic N) is 3. The molecule has 1 aromatic carbocycles. The molecule has 0 unspecified atom stereocenters. The summed E-state index contributed by atoms with van der Waals surface area (Å²) in [5.41, 5.74) is 0.410. The number of benzene rings is 1. The van der Waals surface area contributed by atoms with E-state index >= 15 is 0 Å². The van der Waals surface area contributed by atoms with Gasteiger partial charge in [-0.2, -0.15) is 18.3 Å². The molecule has 0 aliphatic rings. The van der Waals surface area contributed by atoms with Gasteiger partial charge in [0.25, 0.3) is 0 Å². The smallest absolute Gasteiger partial charge is 0.294 e. The van der Waals surface area contributed by atoms with Gasteiger partial charge in [0.1, 0.15) is 0 Å². The minimum atomic E-state index is -4.48. The van der Waals surface area contributed by atoms with Crippen molar-refractivity contribution < 1.29 is 18.0 Å². The summed E-state index contributed by atoms with van der Waals surface area (Å²) < 4.78 is 40.9. The average Bonchev–Trinajstić information content (AvgIpc) is 2.81. The first-order chi connectivity index (χ1) is 10.8. The van der Waals surface area contributed by atoms with Gasteiger partial charge in [0.05, 0.1) is 22.5 Å². The Balaban J connectivity index is 2.27. The third kappa shape index (κ3) is 2.58.